The van der Waals surface area contributed by atoms with E-state index in [1.54, 1.807) is 19.1 Å². The molecule has 1 aromatic carbocycles. The topological polar surface area (TPSA) is 120 Å². The number of benzene rings is 1. The first-order chi connectivity index (χ1) is 11.4. The third-order valence-electron chi connectivity index (χ3n) is 3.61. The summed E-state index contributed by atoms with van der Waals surface area (Å²) < 4.78 is 5.89. The molecule has 9 nitrogen and oxygen atoms in total. The molecule has 9 heteroatoms. The van der Waals surface area contributed by atoms with E-state index in [9.17, 15) is 25.0 Å². The van der Waals surface area contributed by atoms with E-state index in [0.29, 0.717) is 15.6 Å². The molecule has 128 valence electrons. The van der Waals surface area contributed by atoms with E-state index < -0.39 is 23.0 Å². The number of para-hydroxylation sites is 2. The van der Waals surface area contributed by atoms with Crippen LogP contribution in [0.4, 0.5) is 0 Å². The Morgan fingerprint density at radius 2 is 2.08 bits per heavy atom. The van der Waals surface area contributed by atoms with E-state index in [-0.39, 0.29) is 23.1 Å². The monoisotopic (exact) mass is 335 g/mol. The Morgan fingerprint density at radius 3 is 2.67 bits per heavy atom. The van der Waals surface area contributed by atoms with Gasteiger partial charge in [0.15, 0.2) is 0 Å². The van der Waals surface area contributed by atoms with Crippen LogP contribution in [0.3, 0.4) is 0 Å². The van der Waals surface area contributed by atoms with Crippen molar-refractivity contribution in [2.75, 3.05) is 0 Å². The first-order valence-corrected chi connectivity index (χ1v) is 7.41. The lowest BCUT2D eigenvalue weighted by molar-refractivity contribution is -0.537. The molecule has 1 heterocycles. The average molecular weight is 335 g/mol. The standard InChI is InChI=1S/C15H17N3O6/c1-3-6-13(18(22)23)15(24-10(2)19)14-9-16(20)11-7-4-5-8-12(11)17(14)21/h4-5,7-9,13,15H,3,6H2,1-2H3. The van der Waals surface area contributed by atoms with Crippen LogP contribution in [0.15, 0.2) is 30.5 Å². The number of hydrogen-bond donors (Lipinski definition) is 0. The van der Waals surface area contributed by atoms with Crippen molar-refractivity contribution >= 4 is 17.0 Å². The summed E-state index contributed by atoms with van der Waals surface area (Å²) >= 11 is 0. The molecular formula is C15H17N3O6. The van der Waals surface area contributed by atoms with Gasteiger partial charge in [0.2, 0.25) is 6.10 Å². The first kappa shape index (κ1) is 17.4. The molecule has 0 amide bonds. The van der Waals surface area contributed by atoms with Gasteiger partial charge in [-0.2, -0.15) is 0 Å². The Bertz CT molecular complexity index is 832. The highest BCUT2D eigenvalue weighted by Crippen LogP contribution is 2.27. The van der Waals surface area contributed by atoms with Gasteiger partial charge in [-0.1, -0.05) is 19.1 Å². The summed E-state index contributed by atoms with van der Waals surface area (Å²) in [5.41, 5.74) is -0.110. The number of rotatable bonds is 6. The van der Waals surface area contributed by atoms with E-state index in [1.807, 2.05) is 0 Å². The van der Waals surface area contributed by atoms with E-state index in [4.69, 9.17) is 4.74 Å². The number of nitro groups is 1. The highest BCUT2D eigenvalue weighted by Gasteiger charge is 2.38. The van der Waals surface area contributed by atoms with E-state index in [2.05, 4.69) is 0 Å². The second-order valence-electron chi connectivity index (χ2n) is 5.33. The fourth-order valence-electron chi connectivity index (χ4n) is 2.57. The second kappa shape index (κ2) is 7.07. The van der Waals surface area contributed by atoms with E-state index >= 15 is 0 Å². The Balaban J connectivity index is 2.67. The maximum Gasteiger partial charge on any atom is 0.303 e. The Labute approximate surface area is 136 Å². The van der Waals surface area contributed by atoms with Crippen LogP contribution >= 0.6 is 0 Å². The summed E-state index contributed by atoms with van der Waals surface area (Å²) in [7, 11) is 0. The fourth-order valence-corrected chi connectivity index (χ4v) is 2.57. The van der Waals surface area contributed by atoms with Gasteiger partial charge in [-0.05, 0) is 12.5 Å². The van der Waals surface area contributed by atoms with Gasteiger partial charge in [0, 0.05) is 29.2 Å². The number of carbonyl (C=O) groups is 1. The molecule has 2 unspecified atom stereocenters. The average Bonchev–Trinajstić information content (AvgIpc) is 2.54. The fraction of sp³-hybridized carbons (Fsp3) is 0.400. The van der Waals surface area contributed by atoms with Crippen LogP contribution in [0.1, 0.15) is 38.5 Å². The normalized spacial score (nSPS) is 13.4. The minimum atomic E-state index is -1.44. The Morgan fingerprint density at radius 1 is 1.42 bits per heavy atom. The molecule has 0 spiro atoms. The van der Waals surface area contributed by atoms with E-state index in [0.717, 1.165) is 13.1 Å². The summed E-state index contributed by atoms with van der Waals surface area (Å²) in [5, 5.41) is 23.9. The molecule has 0 bridgehead atoms. The lowest BCUT2D eigenvalue weighted by atomic mass is 10.0. The molecule has 0 saturated carbocycles. The van der Waals surface area contributed by atoms with Crippen LogP contribution in [-0.2, 0) is 9.53 Å². The van der Waals surface area contributed by atoms with Crippen molar-refractivity contribution in [2.45, 2.75) is 38.8 Å². The number of carbonyl (C=O) groups excluding carboxylic acids is 1. The van der Waals surface area contributed by atoms with Crippen molar-refractivity contribution in [3.63, 3.8) is 0 Å². The van der Waals surface area contributed by atoms with Crippen molar-refractivity contribution in [2.24, 2.45) is 0 Å². The maximum atomic E-state index is 12.6. The molecule has 0 aliphatic rings. The number of nitrogens with zero attached hydrogens (tertiary/aromatic N) is 3. The molecule has 0 N–H and O–H groups in total. The second-order valence-corrected chi connectivity index (χ2v) is 5.33. The molecular weight excluding hydrogens is 318 g/mol. The first-order valence-electron chi connectivity index (χ1n) is 7.41. The SMILES string of the molecule is CCCC(C(OC(C)=O)c1c[n+](=O)c2ccccc2n1[O-])[N+](=O)[O-]. The van der Waals surface area contributed by atoms with Crippen LogP contribution in [0.25, 0.3) is 11.0 Å². The smallest absolute Gasteiger partial charge is 0.303 e. The summed E-state index contributed by atoms with van der Waals surface area (Å²) in [4.78, 5) is 34.3. The van der Waals surface area contributed by atoms with Crippen LogP contribution in [0.2, 0.25) is 0 Å². The number of aromatic nitrogens is 2. The summed E-state index contributed by atoms with van der Waals surface area (Å²) in [6, 6.07) is 4.72. The lowest BCUT2D eigenvalue weighted by Crippen LogP contribution is -2.34. The predicted molar refractivity (Wildman–Crippen MR) is 84.3 cm³/mol. The van der Waals surface area contributed by atoms with Crippen molar-refractivity contribution in [1.29, 1.82) is 0 Å². The molecule has 2 aromatic rings. The van der Waals surface area contributed by atoms with Gasteiger partial charge < -0.3 is 14.7 Å². The molecule has 24 heavy (non-hydrogen) atoms. The molecule has 2 rings (SSSR count). The third-order valence-corrected chi connectivity index (χ3v) is 3.61. The summed E-state index contributed by atoms with van der Waals surface area (Å²) in [5.74, 6) is -0.770. The molecule has 1 aromatic heterocycles. The van der Waals surface area contributed by atoms with Crippen molar-refractivity contribution in [1.82, 2.24) is 4.73 Å². The van der Waals surface area contributed by atoms with Gasteiger partial charge in [0.05, 0.1) is 4.43 Å². The lowest BCUT2D eigenvalue weighted by Gasteiger charge is -2.25. The van der Waals surface area contributed by atoms with Crippen LogP contribution in [0.5, 0.6) is 0 Å². The quantitative estimate of drug-likeness (QED) is 0.344. The van der Waals surface area contributed by atoms with Crippen molar-refractivity contribution in [3.05, 3.63) is 56.4 Å². The summed E-state index contributed by atoms with van der Waals surface area (Å²) in [6.07, 6.45) is 0.0265. The molecule has 2 atom stereocenters. The Hall–Kier alpha value is -2.97. The van der Waals surface area contributed by atoms with Crippen LogP contribution in [0, 0.1) is 20.2 Å². The predicted octanol–water partition coefficient (Wildman–Crippen LogP) is 1.95. The number of hydrogen-bond acceptors (Lipinski definition) is 6. The zero-order chi connectivity index (χ0) is 17.9. The van der Waals surface area contributed by atoms with Gasteiger partial charge in [0.25, 0.3) is 17.8 Å². The van der Waals surface area contributed by atoms with Crippen LogP contribution in [-0.4, -0.2) is 21.7 Å². The number of fused-ring (bicyclic) bond motifs is 1. The minimum absolute atomic E-state index is 0.0424. The minimum Gasteiger partial charge on any atom is -0.805 e. The largest absolute Gasteiger partial charge is 0.805 e. The van der Waals surface area contributed by atoms with Crippen LogP contribution < -0.4 is 4.43 Å². The van der Waals surface area contributed by atoms with Gasteiger partial charge in [-0.25, -0.2) is 0 Å². The van der Waals surface area contributed by atoms with E-state index in [1.165, 1.54) is 12.1 Å². The van der Waals surface area contributed by atoms with Gasteiger partial charge in [0.1, 0.15) is 11.2 Å². The maximum absolute atomic E-state index is 12.6. The molecule has 0 aliphatic carbocycles. The number of ether oxygens (including phenoxy) is 1. The summed E-state index contributed by atoms with van der Waals surface area (Å²) in [6.45, 7) is 2.83. The van der Waals surface area contributed by atoms with Gasteiger partial charge in [-0.15, -0.1) is 0 Å². The zero-order valence-electron chi connectivity index (χ0n) is 13.2. The highest BCUT2D eigenvalue weighted by molar-refractivity contribution is 5.72. The highest BCUT2D eigenvalue weighted by atomic mass is 16.6. The zero-order valence-corrected chi connectivity index (χ0v) is 13.2. The molecule has 0 radical (unpaired) electrons. The number of esters is 1. The molecule has 0 fully saturated rings. The van der Waals surface area contributed by atoms with Gasteiger partial charge >= 0.3 is 5.97 Å². The third kappa shape index (κ3) is 3.34. The molecule has 0 saturated heterocycles. The van der Waals surface area contributed by atoms with Crippen molar-refractivity contribution in [3.8, 4) is 0 Å². The Kier molecular flexibility index (Phi) is 5.12. The molecule has 0 aliphatic heterocycles. The van der Waals surface area contributed by atoms with Crippen molar-refractivity contribution < 1.29 is 18.9 Å². The van der Waals surface area contributed by atoms with Gasteiger partial charge in [-0.3, -0.25) is 14.9 Å².